The molecule has 0 aromatic heterocycles. The van der Waals surface area contributed by atoms with Crippen molar-refractivity contribution in [2.45, 2.75) is 24.9 Å². The number of nitrogens with one attached hydrogen (secondary N) is 1. The van der Waals surface area contributed by atoms with E-state index in [1.54, 1.807) is 0 Å². The quantitative estimate of drug-likeness (QED) is 0.652. The smallest absolute Gasteiger partial charge is 0.237 e. The van der Waals surface area contributed by atoms with E-state index in [1.165, 1.54) is 4.90 Å². The highest BCUT2D eigenvalue weighted by Crippen LogP contribution is 2.24. The average molecular weight is 305 g/mol. The van der Waals surface area contributed by atoms with Crippen LogP contribution in [0.1, 0.15) is 19.3 Å². The maximum atomic E-state index is 11.9. The zero-order valence-corrected chi connectivity index (χ0v) is 12.7. The van der Waals surface area contributed by atoms with Gasteiger partial charge in [-0.25, -0.2) is 13.1 Å². The van der Waals surface area contributed by atoms with Gasteiger partial charge in [0.2, 0.25) is 15.9 Å². The summed E-state index contributed by atoms with van der Waals surface area (Å²) in [5, 5.41) is 10.5. The van der Waals surface area contributed by atoms with Gasteiger partial charge in [0.05, 0.1) is 24.9 Å². The summed E-state index contributed by atoms with van der Waals surface area (Å²) in [7, 11) is -3.36. The Labute approximate surface area is 120 Å². The first kappa shape index (κ1) is 15.7. The number of hydrogen-bond donors (Lipinski definition) is 2. The number of likely N-dealkylation sites (tertiary alicyclic amines) is 2. The second-order valence-electron chi connectivity index (χ2n) is 5.87. The van der Waals surface area contributed by atoms with E-state index in [-0.39, 0.29) is 19.0 Å². The maximum absolute atomic E-state index is 11.9. The summed E-state index contributed by atoms with van der Waals surface area (Å²) in [5.41, 5.74) is -0.856. The lowest BCUT2D eigenvalue weighted by Gasteiger charge is -2.28. The Kier molecular flexibility index (Phi) is 4.68. The van der Waals surface area contributed by atoms with Crippen molar-refractivity contribution in [1.29, 1.82) is 0 Å². The molecule has 2 N–H and O–H groups in total. The van der Waals surface area contributed by atoms with E-state index in [0.717, 1.165) is 32.2 Å². The van der Waals surface area contributed by atoms with Crippen LogP contribution in [0.3, 0.4) is 0 Å². The van der Waals surface area contributed by atoms with Crippen LogP contribution in [0.15, 0.2) is 0 Å². The molecule has 0 radical (unpaired) electrons. The Morgan fingerprint density at radius 3 is 2.55 bits per heavy atom. The molecular weight excluding hydrogens is 282 g/mol. The van der Waals surface area contributed by atoms with Gasteiger partial charge in [-0.1, -0.05) is 0 Å². The SMILES string of the molecule is CS(=O)(=O)NCC(=O)N1CC[C@@](O)(CN2CCCC2)C1. The van der Waals surface area contributed by atoms with Crippen molar-refractivity contribution < 1.29 is 18.3 Å². The molecule has 0 bridgehead atoms. The number of amides is 1. The third-order valence-corrected chi connectivity index (χ3v) is 4.56. The molecule has 8 heteroatoms. The highest BCUT2D eigenvalue weighted by Gasteiger charge is 2.39. The summed E-state index contributed by atoms with van der Waals surface area (Å²) >= 11 is 0. The molecule has 1 amide bonds. The Morgan fingerprint density at radius 2 is 1.95 bits per heavy atom. The van der Waals surface area contributed by atoms with Gasteiger partial charge in [0.1, 0.15) is 0 Å². The minimum Gasteiger partial charge on any atom is -0.387 e. The minimum absolute atomic E-state index is 0.237. The Hall–Kier alpha value is -0.700. The van der Waals surface area contributed by atoms with Crippen molar-refractivity contribution in [3.63, 3.8) is 0 Å². The lowest BCUT2D eigenvalue weighted by Crippen LogP contribution is -2.46. The fourth-order valence-corrected chi connectivity index (χ4v) is 3.25. The third-order valence-electron chi connectivity index (χ3n) is 3.89. The topological polar surface area (TPSA) is 90.0 Å². The predicted octanol–water partition coefficient (Wildman–Crippen LogP) is -1.41. The summed E-state index contributed by atoms with van der Waals surface area (Å²) in [6, 6.07) is 0. The first-order valence-electron chi connectivity index (χ1n) is 6.95. The van der Waals surface area contributed by atoms with Gasteiger partial charge >= 0.3 is 0 Å². The molecule has 116 valence electrons. The Bertz CT molecular complexity index is 461. The van der Waals surface area contributed by atoms with Crippen LogP contribution in [-0.2, 0) is 14.8 Å². The molecule has 2 heterocycles. The lowest BCUT2D eigenvalue weighted by atomic mass is 10.0. The number of carbonyl (C=O) groups excluding carboxylic acids is 1. The molecule has 0 aromatic carbocycles. The fourth-order valence-electron chi connectivity index (χ4n) is 2.86. The number of nitrogens with zero attached hydrogens (tertiary/aromatic N) is 2. The number of carbonyl (C=O) groups is 1. The van der Waals surface area contributed by atoms with Crippen LogP contribution in [0, 0.1) is 0 Å². The maximum Gasteiger partial charge on any atom is 0.237 e. The third kappa shape index (κ3) is 4.41. The molecule has 0 aliphatic carbocycles. The predicted molar refractivity (Wildman–Crippen MR) is 74.7 cm³/mol. The summed E-state index contributed by atoms with van der Waals surface area (Å²) in [5.74, 6) is -0.284. The number of sulfonamides is 1. The summed E-state index contributed by atoms with van der Waals surface area (Å²) < 4.78 is 24.1. The van der Waals surface area contributed by atoms with E-state index in [4.69, 9.17) is 0 Å². The van der Waals surface area contributed by atoms with Crippen molar-refractivity contribution >= 4 is 15.9 Å². The van der Waals surface area contributed by atoms with Crippen molar-refractivity contribution in [2.75, 3.05) is 45.5 Å². The van der Waals surface area contributed by atoms with E-state index in [9.17, 15) is 18.3 Å². The molecular formula is C12H23N3O4S. The largest absolute Gasteiger partial charge is 0.387 e. The average Bonchev–Trinajstić information content (AvgIpc) is 2.95. The van der Waals surface area contributed by atoms with Gasteiger partial charge in [-0.2, -0.15) is 0 Å². The van der Waals surface area contributed by atoms with E-state index in [1.807, 2.05) is 0 Å². The monoisotopic (exact) mass is 305 g/mol. The Balaban J connectivity index is 1.82. The normalized spacial score (nSPS) is 28.2. The van der Waals surface area contributed by atoms with Gasteiger partial charge in [0.25, 0.3) is 0 Å². The van der Waals surface area contributed by atoms with Crippen LogP contribution < -0.4 is 4.72 Å². The highest BCUT2D eigenvalue weighted by molar-refractivity contribution is 7.88. The second-order valence-corrected chi connectivity index (χ2v) is 7.70. The van der Waals surface area contributed by atoms with Crippen LogP contribution >= 0.6 is 0 Å². The van der Waals surface area contributed by atoms with Crippen LogP contribution in [0.2, 0.25) is 0 Å². The molecule has 7 nitrogen and oxygen atoms in total. The first-order chi connectivity index (χ1) is 9.27. The zero-order valence-electron chi connectivity index (χ0n) is 11.8. The van der Waals surface area contributed by atoms with Gasteiger partial charge in [-0.05, 0) is 32.4 Å². The lowest BCUT2D eigenvalue weighted by molar-refractivity contribution is -0.130. The van der Waals surface area contributed by atoms with Crippen molar-refractivity contribution in [3.05, 3.63) is 0 Å². The van der Waals surface area contributed by atoms with Crippen LogP contribution in [-0.4, -0.2) is 80.4 Å². The number of hydrogen-bond acceptors (Lipinski definition) is 5. The van der Waals surface area contributed by atoms with E-state index < -0.39 is 15.6 Å². The molecule has 2 aliphatic rings. The van der Waals surface area contributed by atoms with E-state index >= 15 is 0 Å². The fraction of sp³-hybridized carbons (Fsp3) is 0.917. The molecule has 2 aliphatic heterocycles. The molecule has 0 saturated carbocycles. The molecule has 0 spiro atoms. The second kappa shape index (κ2) is 5.97. The minimum atomic E-state index is -3.36. The van der Waals surface area contributed by atoms with Crippen molar-refractivity contribution in [1.82, 2.24) is 14.5 Å². The van der Waals surface area contributed by atoms with Crippen LogP contribution in [0.25, 0.3) is 0 Å². The molecule has 2 saturated heterocycles. The van der Waals surface area contributed by atoms with Crippen molar-refractivity contribution in [3.8, 4) is 0 Å². The van der Waals surface area contributed by atoms with Gasteiger partial charge in [-0.15, -0.1) is 0 Å². The summed E-state index contributed by atoms with van der Waals surface area (Å²) in [4.78, 5) is 15.7. The van der Waals surface area contributed by atoms with Crippen LogP contribution in [0.5, 0.6) is 0 Å². The van der Waals surface area contributed by atoms with Gasteiger partial charge in [-0.3, -0.25) is 4.79 Å². The van der Waals surface area contributed by atoms with E-state index in [2.05, 4.69) is 9.62 Å². The van der Waals surface area contributed by atoms with Gasteiger partial charge < -0.3 is 14.9 Å². The number of aliphatic hydroxyl groups is 1. The van der Waals surface area contributed by atoms with Gasteiger partial charge in [0.15, 0.2) is 0 Å². The van der Waals surface area contributed by atoms with Crippen LogP contribution in [0.4, 0.5) is 0 Å². The highest BCUT2D eigenvalue weighted by atomic mass is 32.2. The molecule has 20 heavy (non-hydrogen) atoms. The standard InChI is InChI=1S/C12H23N3O4S/c1-20(18,19)13-8-11(16)15-7-4-12(17,10-15)9-14-5-2-3-6-14/h13,17H,2-10H2,1H3/t12-/m1/s1. The summed E-state index contributed by atoms with van der Waals surface area (Å²) in [6.07, 6.45) is 3.90. The molecule has 1 atom stereocenters. The first-order valence-corrected chi connectivity index (χ1v) is 8.84. The number of rotatable bonds is 5. The number of β-amino-alcohol motifs (C(OH)–C–C–N with tert-alkyl or cyclic N) is 1. The zero-order chi connectivity index (χ0) is 14.8. The summed E-state index contributed by atoms with van der Waals surface area (Å²) in [6.45, 7) is 3.13. The van der Waals surface area contributed by atoms with Gasteiger partial charge in [0, 0.05) is 13.1 Å². The Morgan fingerprint density at radius 1 is 1.30 bits per heavy atom. The molecule has 2 rings (SSSR count). The molecule has 0 unspecified atom stereocenters. The van der Waals surface area contributed by atoms with Crippen molar-refractivity contribution in [2.24, 2.45) is 0 Å². The van der Waals surface area contributed by atoms with E-state index in [0.29, 0.717) is 19.5 Å². The molecule has 0 aromatic rings. The molecule has 2 fully saturated rings.